The van der Waals surface area contributed by atoms with Crippen molar-refractivity contribution in [2.24, 2.45) is 5.92 Å². The number of aromatic nitrogens is 1. The molecule has 5 nitrogen and oxygen atoms in total. The second-order valence-electron chi connectivity index (χ2n) is 8.61. The Bertz CT molecular complexity index is 881. The van der Waals surface area contributed by atoms with Crippen LogP contribution in [0.3, 0.4) is 0 Å². The van der Waals surface area contributed by atoms with Crippen LogP contribution in [0.5, 0.6) is 0 Å². The summed E-state index contributed by atoms with van der Waals surface area (Å²) in [4.78, 5) is 20.5. The summed E-state index contributed by atoms with van der Waals surface area (Å²) in [5, 5.41) is 0. The summed E-state index contributed by atoms with van der Waals surface area (Å²) in [5.74, 6) is 1.72. The highest BCUT2D eigenvalue weighted by Gasteiger charge is 2.46. The van der Waals surface area contributed by atoms with Crippen molar-refractivity contribution in [2.75, 3.05) is 29.5 Å². The van der Waals surface area contributed by atoms with Crippen molar-refractivity contribution in [2.45, 2.75) is 50.8 Å². The molecule has 2 aliphatic heterocycles. The van der Waals surface area contributed by atoms with E-state index in [0.29, 0.717) is 18.7 Å². The van der Waals surface area contributed by atoms with Gasteiger partial charge in [0.25, 0.3) is 5.56 Å². The molecule has 1 unspecified atom stereocenters. The minimum Gasteiger partial charge on any atom is -0.375 e. The van der Waals surface area contributed by atoms with Crippen molar-refractivity contribution in [3.8, 4) is 0 Å². The van der Waals surface area contributed by atoms with E-state index < -0.39 is 0 Å². The van der Waals surface area contributed by atoms with Crippen LogP contribution in [0.4, 0.5) is 11.5 Å². The Morgan fingerprint density at radius 3 is 2.86 bits per heavy atom. The molecule has 2 aromatic rings. The summed E-state index contributed by atoms with van der Waals surface area (Å²) in [6.07, 6.45) is 5.03. The molecule has 2 saturated heterocycles. The van der Waals surface area contributed by atoms with Gasteiger partial charge in [0.1, 0.15) is 5.82 Å². The van der Waals surface area contributed by atoms with E-state index in [0.717, 1.165) is 36.9 Å². The predicted molar refractivity (Wildman–Crippen MR) is 112 cm³/mol. The Morgan fingerprint density at radius 2 is 2.04 bits per heavy atom. The van der Waals surface area contributed by atoms with Crippen LogP contribution >= 0.6 is 0 Å². The van der Waals surface area contributed by atoms with Gasteiger partial charge in [0.15, 0.2) is 0 Å². The molecule has 2 bridgehead atoms. The average molecular weight is 380 g/mol. The van der Waals surface area contributed by atoms with E-state index in [-0.39, 0.29) is 11.7 Å². The first-order valence-corrected chi connectivity index (χ1v) is 10.6. The second kappa shape index (κ2) is 7.28. The van der Waals surface area contributed by atoms with Crippen molar-refractivity contribution in [3.05, 3.63) is 58.4 Å². The van der Waals surface area contributed by atoms with Gasteiger partial charge in [-0.3, -0.25) is 4.79 Å². The maximum atomic E-state index is 12.5. The highest BCUT2D eigenvalue weighted by molar-refractivity contribution is 5.57. The van der Waals surface area contributed by atoms with Gasteiger partial charge in [-0.05, 0) is 44.1 Å². The minimum absolute atomic E-state index is 0.00659. The average Bonchev–Trinajstić information content (AvgIpc) is 3.30. The molecule has 28 heavy (non-hydrogen) atoms. The lowest BCUT2D eigenvalue weighted by molar-refractivity contribution is 0.0532. The number of H-pyrrole nitrogens is 1. The minimum atomic E-state index is -0.00659. The molecular formula is C23H29N3O2. The Labute approximate surface area is 166 Å². The van der Waals surface area contributed by atoms with Crippen LogP contribution in [0.15, 0.2) is 47.3 Å². The standard InChI is InChI=1S/C23H29N3O2/c1-16-15-25(9-10-28-16)20-13-22(24-23(27)14-20)26-19-8-7-18(12-19)21(26)11-17-5-3-2-4-6-17/h2-6,13-14,16,18-19,21H,7-12,15H2,1H3,(H,24,27)/t16?,18-,19+,21+/m1/s1. The van der Waals surface area contributed by atoms with Crippen molar-refractivity contribution >= 4 is 11.5 Å². The Hall–Kier alpha value is -2.27. The zero-order valence-electron chi connectivity index (χ0n) is 16.5. The zero-order valence-corrected chi connectivity index (χ0v) is 16.5. The zero-order chi connectivity index (χ0) is 19.1. The molecule has 3 fully saturated rings. The molecule has 1 N–H and O–H groups in total. The normalized spacial score (nSPS) is 29.5. The van der Waals surface area contributed by atoms with Gasteiger partial charge in [0.05, 0.1) is 12.7 Å². The van der Waals surface area contributed by atoms with E-state index >= 15 is 0 Å². The number of anilines is 2. The number of fused-ring (bicyclic) bond motifs is 2. The quantitative estimate of drug-likeness (QED) is 0.886. The SMILES string of the molecule is CC1CN(c2cc(N3[C@H]4CC[C@H](C4)[C@@H]3Cc3ccccc3)[nH]c(=O)c2)CCO1. The number of hydrogen-bond acceptors (Lipinski definition) is 4. The molecule has 148 valence electrons. The van der Waals surface area contributed by atoms with Crippen LogP contribution in [-0.2, 0) is 11.2 Å². The molecule has 4 atom stereocenters. The molecule has 0 radical (unpaired) electrons. The van der Waals surface area contributed by atoms with Crippen LogP contribution < -0.4 is 15.4 Å². The van der Waals surface area contributed by atoms with E-state index in [1.165, 1.54) is 24.8 Å². The molecule has 5 heteroatoms. The summed E-state index contributed by atoms with van der Waals surface area (Å²) in [6.45, 7) is 4.49. The third-order valence-corrected chi connectivity index (χ3v) is 6.73. The first kappa shape index (κ1) is 17.8. The van der Waals surface area contributed by atoms with Gasteiger partial charge in [-0.15, -0.1) is 0 Å². The molecule has 1 aliphatic carbocycles. The first-order chi connectivity index (χ1) is 13.7. The van der Waals surface area contributed by atoms with E-state index in [9.17, 15) is 4.79 Å². The summed E-state index contributed by atoms with van der Waals surface area (Å²) in [5.41, 5.74) is 2.40. The van der Waals surface area contributed by atoms with Gasteiger partial charge < -0.3 is 19.5 Å². The van der Waals surface area contributed by atoms with Crippen molar-refractivity contribution < 1.29 is 4.74 Å². The highest BCUT2D eigenvalue weighted by atomic mass is 16.5. The Morgan fingerprint density at radius 1 is 1.18 bits per heavy atom. The fourth-order valence-electron chi connectivity index (χ4n) is 5.48. The van der Waals surface area contributed by atoms with Crippen LogP contribution in [0.1, 0.15) is 31.7 Å². The number of rotatable bonds is 4. The van der Waals surface area contributed by atoms with Crippen molar-refractivity contribution in [1.82, 2.24) is 4.98 Å². The number of hydrogen-bond donors (Lipinski definition) is 1. The van der Waals surface area contributed by atoms with Crippen LogP contribution in [0.25, 0.3) is 0 Å². The van der Waals surface area contributed by atoms with Crippen molar-refractivity contribution in [1.29, 1.82) is 0 Å². The van der Waals surface area contributed by atoms with Crippen LogP contribution in [0.2, 0.25) is 0 Å². The van der Waals surface area contributed by atoms with Gasteiger partial charge >= 0.3 is 0 Å². The Balaban J connectivity index is 1.46. The van der Waals surface area contributed by atoms with Gasteiger partial charge in [-0.2, -0.15) is 0 Å². The second-order valence-corrected chi connectivity index (χ2v) is 8.61. The molecule has 5 rings (SSSR count). The molecule has 3 aliphatic rings. The third-order valence-electron chi connectivity index (χ3n) is 6.73. The lowest BCUT2D eigenvalue weighted by Crippen LogP contribution is -2.44. The molecule has 1 aromatic heterocycles. The number of pyridine rings is 1. The van der Waals surface area contributed by atoms with E-state index in [4.69, 9.17) is 4.74 Å². The maximum absolute atomic E-state index is 12.5. The summed E-state index contributed by atoms with van der Waals surface area (Å²) >= 11 is 0. The summed E-state index contributed by atoms with van der Waals surface area (Å²) < 4.78 is 5.68. The monoisotopic (exact) mass is 379 g/mol. The number of piperidine rings is 1. The smallest absolute Gasteiger partial charge is 0.251 e. The number of morpholine rings is 1. The molecule has 3 heterocycles. The molecule has 1 saturated carbocycles. The molecule has 0 spiro atoms. The van der Waals surface area contributed by atoms with Gasteiger partial charge in [-0.25, -0.2) is 0 Å². The predicted octanol–water partition coefficient (Wildman–Crippen LogP) is 3.20. The topological polar surface area (TPSA) is 48.6 Å². The summed E-state index contributed by atoms with van der Waals surface area (Å²) in [6, 6.07) is 15.7. The lowest BCUT2D eigenvalue weighted by Gasteiger charge is -2.38. The van der Waals surface area contributed by atoms with E-state index in [2.05, 4.69) is 58.1 Å². The van der Waals surface area contributed by atoms with Crippen LogP contribution in [0, 0.1) is 5.92 Å². The first-order valence-electron chi connectivity index (χ1n) is 10.6. The Kier molecular flexibility index (Phi) is 4.63. The number of ether oxygens (including phenoxy) is 1. The molecular weight excluding hydrogens is 350 g/mol. The van der Waals surface area contributed by atoms with Crippen LogP contribution in [-0.4, -0.2) is 42.9 Å². The molecule has 0 amide bonds. The largest absolute Gasteiger partial charge is 0.375 e. The van der Waals surface area contributed by atoms with Gasteiger partial charge in [0.2, 0.25) is 0 Å². The number of nitrogens with zero attached hydrogens (tertiary/aromatic N) is 2. The van der Waals surface area contributed by atoms with Gasteiger partial charge in [0, 0.05) is 43.0 Å². The fourth-order valence-corrected chi connectivity index (χ4v) is 5.48. The summed E-state index contributed by atoms with van der Waals surface area (Å²) in [7, 11) is 0. The molecule has 1 aromatic carbocycles. The van der Waals surface area contributed by atoms with E-state index in [1.807, 2.05) is 0 Å². The van der Waals surface area contributed by atoms with Crippen molar-refractivity contribution in [3.63, 3.8) is 0 Å². The van der Waals surface area contributed by atoms with Gasteiger partial charge in [-0.1, -0.05) is 30.3 Å². The van der Waals surface area contributed by atoms with E-state index in [1.54, 1.807) is 6.07 Å². The maximum Gasteiger partial charge on any atom is 0.251 e. The number of benzene rings is 1. The number of aromatic amines is 1. The number of nitrogens with one attached hydrogen (secondary N) is 1. The third kappa shape index (κ3) is 3.32. The fraction of sp³-hybridized carbons (Fsp3) is 0.522. The lowest BCUT2D eigenvalue weighted by atomic mass is 9.92. The highest BCUT2D eigenvalue weighted by Crippen LogP contribution is 2.45.